The molecule has 1 aliphatic rings. The van der Waals surface area contributed by atoms with Crippen LogP contribution in [0.4, 0.5) is 0 Å². The van der Waals surface area contributed by atoms with Gasteiger partial charge in [0.1, 0.15) is 6.23 Å². The van der Waals surface area contributed by atoms with Crippen molar-refractivity contribution in [2.24, 2.45) is 5.92 Å². The quantitative estimate of drug-likeness (QED) is 0.834. The summed E-state index contributed by atoms with van der Waals surface area (Å²) in [7, 11) is 0. The molecule has 0 bridgehead atoms. The van der Waals surface area contributed by atoms with Gasteiger partial charge in [0.25, 0.3) is 0 Å². The fourth-order valence-corrected chi connectivity index (χ4v) is 2.70. The second-order valence-electron chi connectivity index (χ2n) is 4.80. The highest BCUT2D eigenvalue weighted by molar-refractivity contribution is 6.18. The van der Waals surface area contributed by atoms with Crippen LogP contribution in [-0.2, 0) is 6.42 Å². The van der Waals surface area contributed by atoms with E-state index >= 15 is 0 Å². The molecule has 1 aliphatic heterocycles. The average molecular weight is 254 g/mol. The molecule has 94 valence electrons. The van der Waals surface area contributed by atoms with Gasteiger partial charge in [0.15, 0.2) is 0 Å². The van der Waals surface area contributed by atoms with Crippen molar-refractivity contribution < 1.29 is 5.11 Å². The van der Waals surface area contributed by atoms with Gasteiger partial charge in [0.05, 0.1) is 5.88 Å². The first kappa shape index (κ1) is 12.9. The molecule has 0 saturated carbocycles. The molecule has 1 saturated heterocycles. The van der Waals surface area contributed by atoms with Crippen LogP contribution in [0.15, 0.2) is 30.3 Å². The molecule has 2 nitrogen and oxygen atoms in total. The topological polar surface area (TPSA) is 23.5 Å². The number of benzene rings is 1. The summed E-state index contributed by atoms with van der Waals surface area (Å²) < 4.78 is 0. The van der Waals surface area contributed by atoms with Gasteiger partial charge in [-0.05, 0) is 30.7 Å². The van der Waals surface area contributed by atoms with E-state index in [0.29, 0.717) is 5.88 Å². The van der Waals surface area contributed by atoms with Gasteiger partial charge < -0.3 is 5.11 Å². The molecule has 17 heavy (non-hydrogen) atoms. The highest BCUT2D eigenvalue weighted by Crippen LogP contribution is 2.22. The first-order valence-electron chi connectivity index (χ1n) is 6.31. The van der Waals surface area contributed by atoms with E-state index in [1.165, 1.54) is 5.56 Å². The third-order valence-corrected chi connectivity index (χ3v) is 3.85. The Kier molecular flexibility index (Phi) is 4.84. The molecule has 1 atom stereocenters. The lowest BCUT2D eigenvalue weighted by molar-refractivity contribution is -0.000703. The van der Waals surface area contributed by atoms with Crippen LogP contribution >= 0.6 is 11.6 Å². The molecule has 3 heteroatoms. The SMILES string of the molecule is OC(CCl)N1CCC(Cc2ccccc2)CC1. The molecule has 1 heterocycles. The first-order chi connectivity index (χ1) is 8.29. The van der Waals surface area contributed by atoms with E-state index in [2.05, 4.69) is 35.2 Å². The molecule has 0 radical (unpaired) electrons. The molecule has 0 amide bonds. The molecule has 0 aliphatic carbocycles. The molecule has 1 fully saturated rings. The Balaban J connectivity index is 1.80. The van der Waals surface area contributed by atoms with Crippen LogP contribution in [0.2, 0.25) is 0 Å². The fourth-order valence-electron chi connectivity index (χ4n) is 2.50. The third-order valence-electron chi connectivity index (χ3n) is 3.58. The molecule has 0 spiro atoms. The van der Waals surface area contributed by atoms with E-state index in [0.717, 1.165) is 38.3 Å². The van der Waals surface area contributed by atoms with Gasteiger partial charge in [0, 0.05) is 13.1 Å². The lowest BCUT2D eigenvalue weighted by Crippen LogP contribution is -2.42. The number of nitrogens with zero attached hydrogens (tertiary/aromatic N) is 1. The van der Waals surface area contributed by atoms with Crippen molar-refractivity contribution in [1.82, 2.24) is 4.90 Å². The maximum Gasteiger partial charge on any atom is 0.121 e. The molecule has 2 rings (SSSR count). The Morgan fingerprint density at radius 2 is 1.88 bits per heavy atom. The second kappa shape index (κ2) is 6.39. The van der Waals surface area contributed by atoms with Gasteiger partial charge in [-0.15, -0.1) is 11.6 Å². The van der Waals surface area contributed by atoms with Crippen LogP contribution in [0, 0.1) is 5.92 Å². The smallest absolute Gasteiger partial charge is 0.121 e. The van der Waals surface area contributed by atoms with Crippen molar-refractivity contribution >= 4 is 11.6 Å². The van der Waals surface area contributed by atoms with Crippen molar-refractivity contribution in [3.63, 3.8) is 0 Å². The number of aliphatic hydroxyl groups is 1. The molecule has 1 unspecified atom stereocenters. The van der Waals surface area contributed by atoms with Crippen LogP contribution in [0.1, 0.15) is 18.4 Å². The van der Waals surface area contributed by atoms with Gasteiger partial charge in [-0.1, -0.05) is 30.3 Å². The first-order valence-corrected chi connectivity index (χ1v) is 6.85. The van der Waals surface area contributed by atoms with E-state index in [1.54, 1.807) is 0 Å². The summed E-state index contributed by atoms with van der Waals surface area (Å²) in [5.41, 5.74) is 1.42. The summed E-state index contributed by atoms with van der Waals surface area (Å²) in [4.78, 5) is 2.08. The number of halogens is 1. The predicted molar refractivity (Wildman–Crippen MR) is 71.2 cm³/mol. The van der Waals surface area contributed by atoms with Crippen LogP contribution in [0.3, 0.4) is 0 Å². The molecule has 1 N–H and O–H groups in total. The average Bonchev–Trinajstić information content (AvgIpc) is 2.40. The van der Waals surface area contributed by atoms with E-state index in [4.69, 9.17) is 11.6 Å². The van der Waals surface area contributed by atoms with Crippen molar-refractivity contribution in [3.8, 4) is 0 Å². The van der Waals surface area contributed by atoms with Gasteiger partial charge >= 0.3 is 0 Å². The largest absolute Gasteiger partial charge is 0.377 e. The lowest BCUT2D eigenvalue weighted by atomic mass is 9.90. The highest BCUT2D eigenvalue weighted by atomic mass is 35.5. The standard InChI is InChI=1S/C14H20ClNO/c15-11-14(17)16-8-6-13(7-9-16)10-12-4-2-1-3-5-12/h1-5,13-14,17H,6-11H2. The highest BCUT2D eigenvalue weighted by Gasteiger charge is 2.23. The van der Waals surface area contributed by atoms with Crippen LogP contribution in [0.25, 0.3) is 0 Å². The minimum absolute atomic E-state index is 0.309. The van der Waals surface area contributed by atoms with E-state index in [9.17, 15) is 5.11 Å². The number of rotatable bonds is 4. The Morgan fingerprint density at radius 3 is 2.47 bits per heavy atom. The van der Waals surface area contributed by atoms with Crippen LogP contribution < -0.4 is 0 Å². The van der Waals surface area contributed by atoms with Gasteiger partial charge in [0.2, 0.25) is 0 Å². The molecular formula is C14H20ClNO. The van der Waals surface area contributed by atoms with Crippen LogP contribution in [0.5, 0.6) is 0 Å². The Bertz CT molecular complexity index is 322. The van der Waals surface area contributed by atoms with Crippen molar-refractivity contribution in [2.75, 3.05) is 19.0 Å². The van der Waals surface area contributed by atoms with E-state index in [-0.39, 0.29) is 0 Å². The normalized spacial score (nSPS) is 20.4. The fraction of sp³-hybridized carbons (Fsp3) is 0.571. The minimum atomic E-state index is -0.464. The molecule has 1 aromatic rings. The summed E-state index contributed by atoms with van der Waals surface area (Å²) in [5.74, 6) is 1.06. The van der Waals surface area contributed by atoms with E-state index in [1.807, 2.05) is 0 Å². The Morgan fingerprint density at radius 1 is 1.24 bits per heavy atom. The number of hydrogen-bond donors (Lipinski definition) is 1. The van der Waals surface area contributed by atoms with Crippen molar-refractivity contribution in [1.29, 1.82) is 0 Å². The van der Waals surface area contributed by atoms with E-state index < -0.39 is 6.23 Å². The zero-order valence-corrected chi connectivity index (χ0v) is 10.8. The summed E-state index contributed by atoms with van der Waals surface area (Å²) in [6, 6.07) is 10.6. The van der Waals surface area contributed by atoms with Crippen LogP contribution in [-0.4, -0.2) is 35.2 Å². The van der Waals surface area contributed by atoms with Crippen molar-refractivity contribution in [2.45, 2.75) is 25.5 Å². The number of alkyl halides is 1. The molecule has 1 aromatic carbocycles. The van der Waals surface area contributed by atoms with Crippen molar-refractivity contribution in [3.05, 3.63) is 35.9 Å². The van der Waals surface area contributed by atoms with Gasteiger partial charge in [-0.2, -0.15) is 0 Å². The van der Waals surface area contributed by atoms with Gasteiger partial charge in [-0.25, -0.2) is 0 Å². The Hall–Kier alpha value is -0.570. The summed E-state index contributed by atoms with van der Waals surface area (Å²) in [6.45, 7) is 1.93. The number of aliphatic hydroxyl groups excluding tert-OH is 1. The maximum absolute atomic E-state index is 9.65. The number of hydrogen-bond acceptors (Lipinski definition) is 2. The van der Waals surface area contributed by atoms with Gasteiger partial charge in [-0.3, -0.25) is 4.90 Å². The minimum Gasteiger partial charge on any atom is -0.377 e. The molecule has 0 aromatic heterocycles. The number of likely N-dealkylation sites (tertiary alicyclic amines) is 1. The number of piperidine rings is 1. The zero-order valence-electron chi connectivity index (χ0n) is 10.1. The zero-order chi connectivity index (χ0) is 12.1. The lowest BCUT2D eigenvalue weighted by Gasteiger charge is -2.34. The summed E-state index contributed by atoms with van der Waals surface area (Å²) >= 11 is 5.66. The summed E-state index contributed by atoms with van der Waals surface area (Å²) in [6.07, 6.45) is 3.01. The second-order valence-corrected chi connectivity index (χ2v) is 5.11. The predicted octanol–water partition coefficient (Wildman–Crippen LogP) is 2.50. The summed E-state index contributed by atoms with van der Waals surface area (Å²) in [5, 5.41) is 9.65. The third kappa shape index (κ3) is 3.70. The molecular weight excluding hydrogens is 234 g/mol. The maximum atomic E-state index is 9.65. The Labute approximate surface area is 108 Å². The monoisotopic (exact) mass is 253 g/mol.